The normalized spacial score (nSPS) is 19.7. The topological polar surface area (TPSA) is 83.5 Å². The number of hydrogen-bond donors (Lipinski definition) is 1. The monoisotopic (exact) mass is 386 g/mol. The Labute approximate surface area is 162 Å². The van der Waals surface area contributed by atoms with Crippen LogP contribution in [0.3, 0.4) is 0 Å². The summed E-state index contributed by atoms with van der Waals surface area (Å²) >= 11 is 0. The Bertz CT molecular complexity index is 896. The van der Waals surface area contributed by atoms with Gasteiger partial charge in [-0.3, -0.25) is 4.79 Å². The molecule has 1 aliphatic carbocycles. The van der Waals surface area contributed by atoms with Gasteiger partial charge in [-0.15, -0.1) is 0 Å². The lowest BCUT2D eigenvalue weighted by atomic mass is 9.71. The molecule has 0 aromatic heterocycles. The zero-order valence-electron chi connectivity index (χ0n) is 16.0. The predicted molar refractivity (Wildman–Crippen MR) is 99.4 cm³/mol. The Morgan fingerprint density at radius 1 is 1.04 bits per heavy atom. The number of aromatic hydroxyl groups is 1. The van der Waals surface area contributed by atoms with Crippen molar-refractivity contribution in [3.8, 4) is 28.7 Å². The van der Waals surface area contributed by atoms with Gasteiger partial charge in [-0.25, -0.2) is 0 Å². The molecule has 0 unspecified atom stereocenters. The lowest BCUT2D eigenvalue weighted by Crippen LogP contribution is -2.29. The van der Waals surface area contributed by atoms with Crippen LogP contribution in [0.4, 0.5) is 0 Å². The van der Waals surface area contributed by atoms with Crippen molar-refractivity contribution >= 4 is 5.97 Å². The van der Waals surface area contributed by atoms with Gasteiger partial charge in [0.2, 0.25) is 12.5 Å². The second-order valence-electron chi connectivity index (χ2n) is 6.82. The van der Waals surface area contributed by atoms with Gasteiger partial charge in [0, 0.05) is 5.92 Å². The summed E-state index contributed by atoms with van der Waals surface area (Å²) in [5.41, 5.74) is 2.86. The van der Waals surface area contributed by atoms with Crippen LogP contribution < -0.4 is 18.9 Å². The number of aryl methyl sites for hydroxylation is 1. The van der Waals surface area contributed by atoms with E-state index in [-0.39, 0.29) is 41.8 Å². The Morgan fingerprint density at radius 2 is 1.68 bits per heavy atom. The smallest absolute Gasteiger partial charge is 0.309 e. The molecule has 1 N–H and O–H groups in total. The van der Waals surface area contributed by atoms with Crippen molar-refractivity contribution in [3.63, 3.8) is 0 Å². The number of phenolic OH excluding ortho intramolecular Hbond substituents is 1. The summed E-state index contributed by atoms with van der Waals surface area (Å²) in [5.74, 6) is 0.911. The highest BCUT2D eigenvalue weighted by molar-refractivity contribution is 5.76. The first-order valence-electron chi connectivity index (χ1n) is 9.02. The molecule has 1 heterocycles. The largest absolute Gasteiger partial charge is 0.502 e. The minimum absolute atomic E-state index is 0.0786. The fraction of sp³-hybridized carbons (Fsp3) is 0.381. The Kier molecular flexibility index (Phi) is 4.66. The van der Waals surface area contributed by atoms with Crippen LogP contribution in [0.2, 0.25) is 0 Å². The van der Waals surface area contributed by atoms with Crippen LogP contribution in [0.25, 0.3) is 0 Å². The van der Waals surface area contributed by atoms with E-state index in [0.29, 0.717) is 12.2 Å². The summed E-state index contributed by atoms with van der Waals surface area (Å²) < 4.78 is 26.8. The van der Waals surface area contributed by atoms with E-state index < -0.39 is 0 Å². The molecular weight excluding hydrogens is 364 g/mol. The average Bonchev–Trinajstić information content (AvgIpc) is 3.18. The fourth-order valence-corrected chi connectivity index (χ4v) is 4.11. The summed E-state index contributed by atoms with van der Waals surface area (Å²) in [6.45, 7) is 0.185. The molecule has 7 nitrogen and oxygen atoms in total. The van der Waals surface area contributed by atoms with Gasteiger partial charge >= 0.3 is 5.97 Å². The number of methoxy groups -OCH3 is 3. The third-order valence-electron chi connectivity index (χ3n) is 5.46. The number of hydrogen-bond acceptors (Lipinski definition) is 7. The van der Waals surface area contributed by atoms with Crippen molar-refractivity contribution in [2.24, 2.45) is 5.92 Å². The summed E-state index contributed by atoms with van der Waals surface area (Å²) in [5, 5.41) is 10.3. The van der Waals surface area contributed by atoms with Gasteiger partial charge in [-0.05, 0) is 53.8 Å². The van der Waals surface area contributed by atoms with Crippen LogP contribution in [-0.2, 0) is 16.0 Å². The average molecular weight is 386 g/mol. The Morgan fingerprint density at radius 3 is 2.29 bits per heavy atom. The van der Waals surface area contributed by atoms with Crippen molar-refractivity contribution in [2.45, 2.75) is 18.8 Å². The molecule has 2 aromatic carbocycles. The Hall–Kier alpha value is -3.09. The van der Waals surface area contributed by atoms with E-state index in [0.717, 1.165) is 28.9 Å². The van der Waals surface area contributed by atoms with Crippen molar-refractivity contribution in [1.82, 2.24) is 0 Å². The van der Waals surface area contributed by atoms with E-state index in [1.54, 1.807) is 12.1 Å². The van der Waals surface area contributed by atoms with Crippen LogP contribution in [0, 0.1) is 5.92 Å². The lowest BCUT2D eigenvalue weighted by molar-refractivity contribution is -0.146. The number of phenols is 1. The van der Waals surface area contributed by atoms with Gasteiger partial charge in [0.1, 0.15) is 0 Å². The summed E-state index contributed by atoms with van der Waals surface area (Å²) in [6.07, 6.45) is 1.37. The van der Waals surface area contributed by atoms with Crippen LogP contribution in [0.15, 0.2) is 24.3 Å². The molecule has 0 bridgehead atoms. The van der Waals surface area contributed by atoms with E-state index >= 15 is 0 Å². The van der Waals surface area contributed by atoms with Crippen molar-refractivity contribution in [2.75, 3.05) is 28.1 Å². The molecule has 2 aromatic rings. The molecule has 1 aliphatic heterocycles. The third-order valence-corrected chi connectivity index (χ3v) is 5.46. The van der Waals surface area contributed by atoms with Crippen molar-refractivity contribution in [1.29, 1.82) is 0 Å². The standard InChI is InChI=1S/C21H22O7/c1-24-17-7-12(8-18(25-2)20(17)22)19-13(21(23)26-3)5-4-11-6-15-16(9-14(11)19)28-10-27-15/h6-9,13,19,22H,4-5,10H2,1-3H3/t13-,19+/m0/s1. The molecule has 0 saturated heterocycles. The fourth-order valence-electron chi connectivity index (χ4n) is 4.11. The molecule has 4 rings (SSSR count). The van der Waals surface area contributed by atoms with Gasteiger partial charge in [-0.1, -0.05) is 0 Å². The van der Waals surface area contributed by atoms with Crippen LogP contribution in [0.5, 0.6) is 28.7 Å². The molecule has 2 atom stereocenters. The number of esters is 1. The zero-order chi connectivity index (χ0) is 19.8. The van der Waals surface area contributed by atoms with E-state index in [1.165, 1.54) is 21.3 Å². The summed E-state index contributed by atoms with van der Waals surface area (Å²) in [7, 11) is 4.35. The molecular formula is C21H22O7. The van der Waals surface area contributed by atoms with E-state index in [1.807, 2.05) is 12.1 Å². The number of fused-ring (bicyclic) bond motifs is 2. The maximum Gasteiger partial charge on any atom is 0.309 e. The number of carbonyl (C=O) groups excluding carboxylic acids is 1. The highest BCUT2D eigenvalue weighted by atomic mass is 16.7. The van der Waals surface area contributed by atoms with Crippen LogP contribution >= 0.6 is 0 Å². The maximum atomic E-state index is 12.6. The van der Waals surface area contributed by atoms with Gasteiger partial charge in [0.25, 0.3) is 0 Å². The van der Waals surface area contributed by atoms with Crippen molar-refractivity contribution < 1.29 is 33.6 Å². The van der Waals surface area contributed by atoms with Crippen molar-refractivity contribution in [3.05, 3.63) is 41.0 Å². The molecule has 7 heteroatoms. The highest BCUT2D eigenvalue weighted by Crippen LogP contribution is 2.49. The number of carbonyl (C=O) groups is 1. The van der Waals surface area contributed by atoms with Gasteiger partial charge in [-0.2, -0.15) is 0 Å². The third kappa shape index (κ3) is 2.87. The minimum atomic E-state index is -0.378. The molecule has 0 amide bonds. The molecule has 28 heavy (non-hydrogen) atoms. The maximum absolute atomic E-state index is 12.6. The predicted octanol–water partition coefficient (Wildman–Crippen LogP) is 3.01. The molecule has 0 saturated carbocycles. The molecule has 0 spiro atoms. The van der Waals surface area contributed by atoms with E-state index in [4.69, 9.17) is 23.7 Å². The molecule has 0 fully saturated rings. The highest BCUT2D eigenvalue weighted by Gasteiger charge is 2.38. The lowest BCUT2D eigenvalue weighted by Gasteiger charge is -2.33. The number of benzene rings is 2. The first-order valence-corrected chi connectivity index (χ1v) is 9.02. The SMILES string of the molecule is COC(=O)[C@H]1CCc2cc3c(cc2[C@@H]1c1cc(OC)c(O)c(OC)c1)OCO3. The Balaban J connectivity index is 1.90. The minimum Gasteiger partial charge on any atom is -0.502 e. The zero-order valence-corrected chi connectivity index (χ0v) is 16.0. The van der Waals surface area contributed by atoms with Gasteiger partial charge in [0.15, 0.2) is 23.0 Å². The quantitative estimate of drug-likeness (QED) is 0.809. The molecule has 148 valence electrons. The van der Waals surface area contributed by atoms with Gasteiger partial charge < -0.3 is 28.8 Å². The van der Waals surface area contributed by atoms with Crippen LogP contribution in [0.1, 0.15) is 29.0 Å². The number of ether oxygens (including phenoxy) is 5. The van der Waals surface area contributed by atoms with Crippen LogP contribution in [-0.4, -0.2) is 39.2 Å². The first-order chi connectivity index (χ1) is 13.6. The number of rotatable bonds is 4. The molecule has 0 radical (unpaired) electrons. The van der Waals surface area contributed by atoms with Gasteiger partial charge in [0.05, 0.1) is 27.2 Å². The first kappa shape index (κ1) is 18.3. The summed E-state index contributed by atoms with van der Waals surface area (Å²) in [4.78, 5) is 12.6. The second kappa shape index (κ2) is 7.14. The summed E-state index contributed by atoms with van der Waals surface area (Å²) in [6, 6.07) is 7.38. The van der Waals surface area contributed by atoms with E-state index in [2.05, 4.69) is 0 Å². The van der Waals surface area contributed by atoms with E-state index in [9.17, 15) is 9.90 Å². The molecule has 2 aliphatic rings. The second-order valence-corrected chi connectivity index (χ2v) is 6.82.